The van der Waals surface area contributed by atoms with Gasteiger partial charge in [-0.05, 0) is 24.3 Å². The Balaban J connectivity index is 1.88. The van der Waals surface area contributed by atoms with E-state index in [1.807, 2.05) is 72.6 Å². The molecule has 2 aromatic carbocycles. The number of hydrogen-bond donors (Lipinski definition) is 1. The molecule has 0 spiro atoms. The number of pyridine rings is 1. The summed E-state index contributed by atoms with van der Waals surface area (Å²) in [4.78, 5) is 6.73. The van der Waals surface area contributed by atoms with Crippen LogP contribution in [0.2, 0.25) is 0 Å². The average molecular weight is 365 g/mol. The number of para-hydroxylation sites is 1. The lowest BCUT2D eigenvalue weighted by Gasteiger charge is -2.19. The highest BCUT2D eigenvalue weighted by Crippen LogP contribution is 2.40. The molecule has 1 heterocycles. The average Bonchev–Trinajstić information content (AvgIpc) is 2.73. The van der Waals surface area contributed by atoms with Crippen LogP contribution in [0, 0.1) is 0 Å². The van der Waals surface area contributed by atoms with Gasteiger partial charge < -0.3 is 24.4 Å². The van der Waals surface area contributed by atoms with Gasteiger partial charge >= 0.3 is 0 Å². The van der Waals surface area contributed by atoms with E-state index in [9.17, 15) is 0 Å². The second kappa shape index (κ2) is 8.31. The van der Waals surface area contributed by atoms with Crippen LogP contribution in [0.3, 0.4) is 0 Å². The van der Waals surface area contributed by atoms with E-state index >= 15 is 0 Å². The van der Waals surface area contributed by atoms with Gasteiger partial charge in [0.1, 0.15) is 11.6 Å². The first-order valence-electron chi connectivity index (χ1n) is 8.49. The smallest absolute Gasteiger partial charge is 0.203 e. The Kier molecular flexibility index (Phi) is 5.66. The first-order valence-corrected chi connectivity index (χ1v) is 8.49. The molecule has 0 saturated carbocycles. The summed E-state index contributed by atoms with van der Waals surface area (Å²) in [7, 11) is 6.75. The molecule has 0 aliphatic heterocycles. The van der Waals surface area contributed by atoms with Crippen LogP contribution in [0.4, 0.5) is 23.0 Å². The molecular weight excluding hydrogens is 342 g/mol. The Morgan fingerprint density at radius 1 is 0.815 bits per heavy atom. The molecule has 6 nitrogen and oxygen atoms in total. The van der Waals surface area contributed by atoms with Crippen LogP contribution in [0.1, 0.15) is 0 Å². The van der Waals surface area contributed by atoms with Crippen molar-refractivity contribution in [3.8, 4) is 17.2 Å². The summed E-state index contributed by atoms with van der Waals surface area (Å²) in [6.07, 6.45) is 0. The number of nitrogens with zero attached hydrogens (tertiary/aromatic N) is 2. The van der Waals surface area contributed by atoms with Gasteiger partial charge in [-0.1, -0.05) is 24.3 Å². The Hall–Kier alpha value is -3.41. The maximum Gasteiger partial charge on any atom is 0.203 e. The van der Waals surface area contributed by atoms with Gasteiger partial charge in [-0.2, -0.15) is 0 Å². The van der Waals surface area contributed by atoms with E-state index in [1.54, 1.807) is 21.3 Å². The van der Waals surface area contributed by atoms with E-state index in [2.05, 4.69) is 5.32 Å². The molecule has 0 radical (unpaired) electrons. The summed E-state index contributed by atoms with van der Waals surface area (Å²) in [5.74, 6) is 3.26. The van der Waals surface area contributed by atoms with Gasteiger partial charge in [0, 0.05) is 30.6 Å². The number of benzene rings is 2. The zero-order chi connectivity index (χ0) is 19.2. The first kappa shape index (κ1) is 18.4. The minimum absolute atomic E-state index is 0.552. The quantitative estimate of drug-likeness (QED) is 0.659. The Morgan fingerprint density at radius 3 is 2.07 bits per heavy atom. The van der Waals surface area contributed by atoms with Crippen molar-refractivity contribution in [3.05, 3.63) is 60.7 Å². The molecule has 0 unspecified atom stereocenters. The Morgan fingerprint density at radius 2 is 1.48 bits per heavy atom. The predicted molar refractivity (Wildman–Crippen MR) is 108 cm³/mol. The lowest BCUT2D eigenvalue weighted by atomic mass is 10.2. The van der Waals surface area contributed by atoms with Crippen molar-refractivity contribution in [2.24, 2.45) is 0 Å². The highest BCUT2D eigenvalue weighted by atomic mass is 16.5. The van der Waals surface area contributed by atoms with Crippen LogP contribution in [0.5, 0.6) is 17.2 Å². The summed E-state index contributed by atoms with van der Waals surface area (Å²) in [6.45, 7) is 0. The van der Waals surface area contributed by atoms with Crippen molar-refractivity contribution >= 4 is 23.0 Å². The second-order valence-electron chi connectivity index (χ2n) is 5.81. The van der Waals surface area contributed by atoms with Gasteiger partial charge in [0.25, 0.3) is 0 Å². The van der Waals surface area contributed by atoms with E-state index < -0.39 is 0 Å². The highest BCUT2D eigenvalue weighted by molar-refractivity contribution is 5.68. The van der Waals surface area contributed by atoms with Crippen LogP contribution in [-0.4, -0.2) is 33.4 Å². The zero-order valence-corrected chi connectivity index (χ0v) is 15.9. The van der Waals surface area contributed by atoms with Crippen LogP contribution in [-0.2, 0) is 0 Å². The minimum atomic E-state index is 0.552. The van der Waals surface area contributed by atoms with Crippen molar-refractivity contribution in [3.63, 3.8) is 0 Å². The fourth-order valence-corrected chi connectivity index (χ4v) is 2.76. The third kappa shape index (κ3) is 4.06. The number of ether oxygens (including phenoxy) is 3. The number of anilines is 4. The largest absolute Gasteiger partial charge is 0.493 e. The maximum atomic E-state index is 5.40. The standard InChI is InChI=1S/C21H23N3O3/c1-24(16-9-6-5-7-10-16)20-12-8-11-19(23-20)22-15-13-17(25-2)21(27-4)18(14-15)26-3/h5-14H,1-4H3,(H,22,23). The second-order valence-corrected chi connectivity index (χ2v) is 5.81. The monoisotopic (exact) mass is 365 g/mol. The molecule has 140 valence electrons. The van der Waals surface area contributed by atoms with Crippen molar-refractivity contribution in [2.75, 3.05) is 38.6 Å². The molecule has 0 fully saturated rings. The van der Waals surface area contributed by atoms with Crippen LogP contribution in [0.15, 0.2) is 60.7 Å². The van der Waals surface area contributed by atoms with Crippen LogP contribution in [0.25, 0.3) is 0 Å². The summed E-state index contributed by atoms with van der Waals surface area (Å²) >= 11 is 0. The minimum Gasteiger partial charge on any atom is -0.493 e. The van der Waals surface area contributed by atoms with E-state index in [0.29, 0.717) is 23.1 Å². The Bertz CT molecular complexity index is 875. The third-order valence-corrected chi connectivity index (χ3v) is 4.16. The number of hydrogen-bond acceptors (Lipinski definition) is 6. The molecule has 1 N–H and O–H groups in total. The van der Waals surface area contributed by atoms with Gasteiger partial charge in [-0.3, -0.25) is 0 Å². The van der Waals surface area contributed by atoms with Gasteiger partial charge in [-0.15, -0.1) is 0 Å². The van der Waals surface area contributed by atoms with E-state index in [4.69, 9.17) is 19.2 Å². The van der Waals surface area contributed by atoms with Crippen molar-refractivity contribution in [1.82, 2.24) is 4.98 Å². The molecule has 3 aromatic rings. The number of methoxy groups -OCH3 is 3. The molecule has 0 amide bonds. The Labute approximate surface area is 159 Å². The summed E-state index contributed by atoms with van der Waals surface area (Å²) in [6, 6.07) is 19.6. The van der Waals surface area contributed by atoms with E-state index in [1.165, 1.54) is 0 Å². The van der Waals surface area contributed by atoms with Gasteiger partial charge in [-0.25, -0.2) is 4.98 Å². The van der Waals surface area contributed by atoms with Crippen LogP contribution < -0.4 is 24.4 Å². The molecule has 0 atom stereocenters. The maximum absolute atomic E-state index is 5.40. The molecule has 0 bridgehead atoms. The zero-order valence-electron chi connectivity index (χ0n) is 15.9. The van der Waals surface area contributed by atoms with Crippen LogP contribution >= 0.6 is 0 Å². The SMILES string of the molecule is COc1cc(Nc2cccc(N(C)c3ccccc3)n2)cc(OC)c1OC. The molecule has 0 aliphatic carbocycles. The van der Waals surface area contributed by atoms with Crippen molar-refractivity contribution in [2.45, 2.75) is 0 Å². The number of rotatable bonds is 7. The molecule has 0 saturated heterocycles. The lowest BCUT2D eigenvalue weighted by molar-refractivity contribution is 0.324. The number of aromatic nitrogens is 1. The topological polar surface area (TPSA) is 55.9 Å². The van der Waals surface area contributed by atoms with E-state index in [0.717, 1.165) is 17.2 Å². The highest BCUT2D eigenvalue weighted by Gasteiger charge is 2.14. The molecule has 3 rings (SSSR count). The molecule has 1 aromatic heterocycles. The summed E-state index contributed by atoms with van der Waals surface area (Å²) in [5.41, 5.74) is 1.85. The van der Waals surface area contributed by atoms with Gasteiger partial charge in [0.05, 0.1) is 21.3 Å². The van der Waals surface area contributed by atoms with Crippen molar-refractivity contribution < 1.29 is 14.2 Å². The van der Waals surface area contributed by atoms with Gasteiger partial charge in [0.15, 0.2) is 11.5 Å². The number of nitrogens with one attached hydrogen (secondary N) is 1. The fraction of sp³-hybridized carbons (Fsp3) is 0.190. The van der Waals surface area contributed by atoms with Crippen molar-refractivity contribution in [1.29, 1.82) is 0 Å². The summed E-state index contributed by atoms with van der Waals surface area (Å²) in [5, 5.41) is 3.30. The molecular formula is C21H23N3O3. The van der Waals surface area contributed by atoms with E-state index in [-0.39, 0.29) is 0 Å². The molecule has 27 heavy (non-hydrogen) atoms. The molecule has 0 aliphatic rings. The predicted octanol–water partition coefficient (Wildman–Crippen LogP) is 4.62. The van der Waals surface area contributed by atoms with Gasteiger partial charge in [0.2, 0.25) is 5.75 Å². The lowest BCUT2D eigenvalue weighted by Crippen LogP contribution is -2.11. The molecule has 6 heteroatoms. The summed E-state index contributed by atoms with van der Waals surface area (Å²) < 4.78 is 16.2. The third-order valence-electron chi connectivity index (χ3n) is 4.16. The first-order chi connectivity index (χ1) is 13.2. The fourth-order valence-electron chi connectivity index (χ4n) is 2.76. The normalized spacial score (nSPS) is 10.2.